The van der Waals surface area contributed by atoms with Gasteiger partial charge in [0.15, 0.2) is 0 Å². The summed E-state index contributed by atoms with van der Waals surface area (Å²) >= 11 is 12.7. The van der Waals surface area contributed by atoms with E-state index in [0.29, 0.717) is 16.6 Å². The molecule has 20 heavy (non-hydrogen) atoms. The van der Waals surface area contributed by atoms with Crippen molar-refractivity contribution in [2.45, 2.75) is 25.4 Å². The number of hydrogen-bond donors (Lipinski definition) is 1. The second kappa shape index (κ2) is 6.20. The highest BCUT2D eigenvalue weighted by Crippen LogP contribution is 2.35. The third-order valence-electron chi connectivity index (χ3n) is 4.34. The molecule has 2 N–H and O–H groups in total. The number of benzene rings is 1. The van der Waals surface area contributed by atoms with Crippen LogP contribution in [0.25, 0.3) is 0 Å². The van der Waals surface area contributed by atoms with Gasteiger partial charge in [-0.15, -0.1) is 0 Å². The molecule has 1 unspecified atom stereocenters. The molecule has 0 amide bonds. The molecule has 0 aromatic heterocycles. The molecule has 1 fully saturated rings. The maximum Gasteiger partial charge on any atom is 0.0501 e. The average Bonchev–Trinajstić information content (AvgIpc) is 2.37. The molecule has 0 aliphatic carbocycles. The van der Waals surface area contributed by atoms with Gasteiger partial charge in [0, 0.05) is 47.3 Å². The number of piperazine rings is 1. The third kappa shape index (κ3) is 3.12. The van der Waals surface area contributed by atoms with Crippen molar-refractivity contribution in [2.75, 3.05) is 33.2 Å². The Hall–Kier alpha value is -0.320. The quantitative estimate of drug-likeness (QED) is 0.930. The first-order valence-corrected chi connectivity index (χ1v) is 7.71. The lowest BCUT2D eigenvalue weighted by molar-refractivity contribution is 0.0181. The van der Waals surface area contributed by atoms with Crippen molar-refractivity contribution in [3.8, 4) is 0 Å². The van der Waals surface area contributed by atoms with Crippen LogP contribution < -0.4 is 5.73 Å². The highest BCUT2D eigenvalue weighted by atomic mass is 35.5. The molecule has 112 valence electrons. The predicted octanol–water partition coefficient (Wildman–Crippen LogP) is 3.02. The van der Waals surface area contributed by atoms with Crippen molar-refractivity contribution in [2.24, 2.45) is 5.73 Å². The SMILES string of the molecule is CN1CCN(C(CN)c2c(Cl)cccc2Cl)CC1(C)C. The molecule has 0 spiro atoms. The van der Waals surface area contributed by atoms with E-state index in [1.54, 1.807) is 0 Å². The average molecular weight is 316 g/mol. The minimum absolute atomic E-state index is 0.0733. The van der Waals surface area contributed by atoms with E-state index in [1.165, 1.54) is 0 Å². The molecule has 1 aliphatic rings. The topological polar surface area (TPSA) is 32.5 Å². The van der Waals surface area contributed by atoms with Gasteiger partial charge in [0.25, 0.3) is 0 Å². The number of nitrogens with zero attached hydrogens (tertiary/aromatic N) is 2. The van der Waals surface area contributed by atoms with E-state index in [1.807, 2.05) is 18.2 Å². The molecule has 5 heteroatoms. The summed E-state index contributed by atoms with van der Waals surface area (Å²) in [7, 11) is 2.16. The lowest BCUT2D eigenvalue weighted by Crippen LogP contribution is -2.58. The lowest BCUT2D eigenvalue weighted by Gasteiger charge is -2.48. The molecule has 0 bridgehead atoms. The zero-order valence-electron chi connectivity index (χ0n) is 12.4. The van der Waals surface area contributed by atoms with Gasteiger partial charge < -0.3 is 5.73 Å². The van der Waals surface area contributed by atoms with E-state index in [2.05, 4.69) is 30.7 Å². The van der Waals surface area contributed by atoms with Gasteiger partial charge in [-0.1, -0.05) is 29.3 Å². The van der Waals surface area contributed by atoms with E-state index in [4.69, 9.17) is 28.9 Å². The Morgan fingerprint density at radius 2 is 1.85 bits per heavy atom. The number of likely N-dealkylation sites (N-methyl/N-ethyl adjacent to an activating group) is 1. The van der Waals surface area contributed by atoms with E-state index in [9.17, 15) is 0 Å². The first kappa shape index (κ1) is 16.1. The van der Waals surface area contributed by atoms with Crippen molar-refractivity contribution in [1.29, 1.82) is 0 Å². The van der Waals surface area contributed by atoms with Crippen molar-refractivity contribution < 1.29 is 0 Å². The van der Waals surface area contributed by atoms with Crippen molar-refractivity contribution >= 4 is 23.2 Å². The fraction of sp³-hybridized carbons (Fsp3) is 0.600. The second-order valence-electron chi connectivity index (χ2n) is 6.09. The van der Waals surface area contributed by atoms with Crippen LogP contribution in [0.2, 0.25) is 10.0 Å². The normalized spacial score (nSPS) is 21.9. The molecule has 0 saturated carbocycles. The van der Waals surface area contributed by atoms with Crippen LogP contribution in [0.5, 0.6) is 0 Å². The highest BCUT2D eigenvalue weighted by Gasteiger charge is 2.35. The molecule has 2 rings (SSSR count). The summed E-state index contributed by atoms with van der Waals surface area (Å²) in [5.41, 5.74) is 7.11. The van der Waals surface area contributed by atoms with E-state index >= 15 is 0 Å². The molecule has 0 radical (unpaired) electrons. The van der Waals surface area contributed by atoms with E-state index in [0.717, 1.165) is 25.2 Å². The number of hydrogen-bond acceptors (Lipinski definition) is 3. The third-order valence-corrected chi connectivity index (χ3v) is 5.00. The zero-order valence-corrected chi connectivity index (χ0v) is 13.9. The Kier molecular flexibility index (Phi) is 4.98. The van der Waals surface area contributed by atoms with Crippen molar-refractivity contribution in [3.05, 3.63) is 33.8 Å². The van der Waals surface area contributed by atoms with Crippen LogP contribution in [0, 0.1) is 0 Å². The van der Waals surface area contributed by atoms with Crippen LogP contribution in [0.3, 0.4) is 0 Å². The van der Waals surface area contributed by atoms with Gasteiger partial charge in [-0.3, -0.25) is 9.80 Å². The van der Waals surface area contributed by atoms with E-state index in [-0.39, 0.29) is 11.6 Å². The largest absolute Gasteiger partial charge is 0.329 e. The first-order chi connectivity index (χ1) is 9.36. The Morgan fingerprint density at radius 1 is 1.25 bits per heavy atom. The molecule has 1 aromatic carbocycles. The highest BCUT2D eigenvalue weighted by molar-refractivity contribution is 6.36. The number of nitrogens with two attached hydrogens (primary N) is 1. The Bertz CT molecular complexity index is 456. The zero-order chi connectivity index (χ0) is 14.9. The summed E-state index contributed by atoms with van der Waals surface area (Å²) < 4.78 is 0. The van der Waals surface area contributed by atoms with Crippen LogP contribution in [0.4, 0.5) is 0 Å². The van der Waals surface area contributed by atoms with Crippen LogP contribution in [-0.4, -0.2) is 48.6 Å². The Morgan fingerprint density at radius 3 is 2.35 bits per heavy atom. The summed E-state index contributed by atoms with van der Waals surface area (Å²) in [5.74, 6) is 0. The molecule has 1 aliphatic heterocycles. The molecule has 1 saturated heterocycles. The Labute approximate surface area is 131 Å². The number of rotatable bonds is 3. The molecule has 3 nitrogen and oxygen atoms in total. The summed E-state index contributed by atoms with van der Waals surface area (Å²) in [6.07, 6.45) is 0. The molecular formula is C15H23Cl2N3. The van der Waals surface area contributed by atoms with Gasteiger partial charge in [0.1, 0.15) is 0 Å². The molecule has 1 aromatic rings. The maximum absolute atomic E-state index is 6.34. The Balaban J connectivity index is 2.29. The predicted molar refractivity (Wildman–Crippen MR) is 86.5 cm³/mol. The summed E-state index contributed by atoms with van der Waals surface area (Å²) in [6, 6.07) is 5.71. The van der Waals surface area contributed by atoms with Gasteiger partial charge in [0.2, 0.25) is 0 Å². The van der Waals surface area contributed by atoms with Crippen molar-refractivity contribution in [1.82, 2.24) is 9.80 Å². The van der Waals surface area contributed by atoms with Gasteiger partial charge in [0.05, 0.1) is 6.04 Å². The maximum atomic E-state index is 6.34. The summed E-state index contributed by atoms with van der Waals surface area (Å²) in [4.78, 5) is 4.78. The first-order valence-electron chi connectivity index (χ1n) is 6.96. The van der Waals surface area contributed by atoms with Gasteiger partial charge >= 0.3 is 0 Å². The lowest BCUT2D eigenvalue weighted by atomic mass is 9.96. The second-order valence-corrected chi connectivity index (χ2v) is 6.91. The summed E-state index contributed by atoms with van der Waals surface area (Å²) in [5, 5.41) is 1.40. The van der Waals surface area contributed by atoms with Crippen LogP contribution in [0.1, 0.15) is 25.5 Å². The van der Waals surface area contributed by atoms with Gasteiger partial charge in [-0.25, -0.2) is 0 Å². The standard InChI is InChI=1S/C15H23Cl2N3/c1-15(2)10-20(8-7-19(15)3)13(9-18)14-11(16)5-4-6-12(14)17/h4-6,13H,7-10,18H2,1-3H3. The minimum Gasteiger partial charge on any atom is -0.329 e. The van der Waals surface area contributed by atoms with Crippen LogP contribution >= 0.6 is 23.2 Å². The van der Waals surface area contributed by atoms with Crippen LogP contribution in [-0.2, 0) is 0 Å². The molecule has 1 heterocycles. The fourth-order valence-corrected chi connectivity index (χ4v) is 3.47. The minimum atomic E-state index is 0.0733. The smallest absolute Gasteiger partial charge is 0.0501 e. The van der Waals surface area contributed by atoms with E-state index < -0.39 is 0 Å². The monoisotopic (exact) mass is 315 g/mol. The summed E-state index contributed by atoms with van der Waals surface area (Å²) in [6.45, 7) is 7.97. The van der Waals surface area contributed by atoms with Gasteiger partial charge in [-0.2, -0.15) is 0 Å². The van der Waals surface area contributed by atoms with Crippen molar-refractivity contribution in [3.63, 3.8) is 0 Å². The van der Waals surface area contributed by atoms with Crippen LogP contribution in [0.15, 0.2) is 18.2 Å². The fourth-order valence-electron chi connectivity index (χ4n) is 2.82. The van der Waals surface area contributed by atoms with Gasteiger partial charge in [-0.05, 0) is 33.0 Å². The number of halogens is 2. The molecule has 1 atom stereocenters. The molecular weight excluding hydrogens is 293 g/mol.